The molecule has 2 heterocycles. The molecule has 0 saturated carbocycles. The lowest BCUT2D eigenvalue weighted by atomic mass is 10.1. The zero-order chi connectivity index (χ0) is 13.9. The molecule has 0 saturated heterocycles. The second kappa shape index (κ2) is 5.06. The quantitative estimate of drug-likeness (QED) is 0.585. The van der Waals surface area contributed by atoms with Crippen LogP contribution in [0, 0.1) is 24.6 Å². The highest BCUT2D eigenvalue weighted by atomic mass is 19.1. The summed E-state index contributed by atoms with van der Waals surface area (Å²) in [6.45, 7) is 1.72. The first kappa shape index (κ1) is 12.2. The molecule has 3 rings (SSSR count). The van der Waals surface area contributed by atoms with Gasteiger partial charge in [-0.05, 0) is 36.8 Å². The van der Waals surface area contributed by atoms with E-state index in [0.29, 0.717) is 16.7 Å². The number of fused-ring (bicyclic) bond motifs is 1. The van der Waals surface area contributed by atoms with Gasteiger partial charge in [-0.2, -0.15) is 0 Å². The molecule has 20 heavy (non-hydrogen) atoms. The first-order valence-electron chi connectivity index (χ1n) is 6.07. The SMILES string of the molecule is Cc1cc(C#Cc2cnc3nccnc3c2)ccc1F. The summed E-state index contributed by atoms with van der Waals surface area (Å²) in [6, 6.07) is 6.63. The van der Waals surface area contributed by atoms with Gasteiger partial charge in [-0.15, -0.1) is 0 Å². The number of hydrogen-bond donors (Lipinski definition) is 0. The highest BCUT2D eigenvalue weighted by Gasteiger charge is 1.98. The molecule has 0 aliphatic rings. The Hall–Kier alpha value is -2.80. The number of benzene rings is 1. The molecule has 2 aromatic heterocycles. The number of rotatable bonds is 0. The van der Waals surface area contributed by atoms with E-state index >= 15 is 0 Å². The van der Waals surface area contributed by atoms with Gasteiger partial charge in [0.25, 0.3) is 0 Å². The summed E-state index contributed by atoms with van der Waals surface area (Å²) in [5, 5.41) is 0. The maximum absolute atomic E-state index is 13.2. The maximum atomic E-state index is 13.2. The van der Waals surface area contributed by atoms with Crippen LogP contribution >= 0.6 is 0 Å². The summed E-state index contributed by atoms with van der Waals surface area (Å²) in [5.74, 6) is 5.76. The van der Waals surface area contributed by atoms with Gasteiger partial charge in [-0.25, -0.2) is 14.4 Å². The van der Waals surface area contributed by atoms with Gasteiger partial charge in [-0.3, -0.25) is 4.98 Å². The molecule has 96 valence electrons. The average Bonchev–Trinajstić information content (AvgIpc) is 2.48. The molecular weight excluding hydrogens is 253 g/mol. The highest BCUT2D eigenvalue weighted by molar-refractivity contribution is 5.70. The van der Waals surface area contributed by atoms with Crippen molar-refractivity contribution in [2.45, 2.75) is 6.92 Å². The van der Waals surface area contributed by atoms with E-state index in [0.717, 1.165) is 11.1 Å². The van der Waals surface area contributed by atoms with Gasteiger partial charge >= 0.3 is 0 Å². The number of nitrogens with zero attached hydrogens (tertiary/aromatic N) is 3. The maximum Gasteiger partial charge on any atom is 0.178 e. The van der Waals surface area contributed by atoms with Gasteiger partial charge < -0.3 is 0 Å². The molecule has 0 unspecified atom stereocenters. The van der Waals surface area contributed by atoms with E-state index in [9.17, 15) is 4.39 Å². The molecule has 3 aromatic rings. The Balaban J connectivity index is 1.96. The number of halogens is 1. The predicted molar refractivity (Wildman–Crippen MR) is 74.5 cm³/mol. The Kier molecular flexibility index (Phi) is 3.10. The van der Waals surface area contributed by atoms with Crippen molar-refractivity contribution in [1.82, 2.24) is 15.0 Å². The number of hydrogen-bond acceptors (Lipinski definition) is 3. The highest BCUT2D eigenvalue weighted by Crippen LogP contribution is 2.09. The molecule has 0 aliphatic heterocycles. The lowest BCUT2D eigenvalue weighted by Gasteiger charge is -1.96. The van der Waals surface area contributed by atoms with E-state index in [1.807, 2.05) is 6.07 Å². The predicted octanol–water partition coefficient (Wildman–Crippen LogP) is 2.87. The van der Waals surface area contributed by atoms with Crippen LogP contribution in [0.4, 0.5) is 4.39 Å². The van der Waals surface area contributed by atoms with E-state index in [1.165, 1.54) is 6.07 Å². The monoisotopic (exact) mass is 263 g/mol. The van der Waals surface area contributed by atoms with Crippen molar-refractivity contribution in [3.63, 3.8) is 0 Å². The summed E-state index contributed by atoms with van der Waals surface area (Å²) in [5.41, 5.74) is 3.40. The van der Waals surface area contributed by atoms with Crippen LogP contribution in [-0.4, -0.2) is 15.0 Å². The molecule has 0 N–H and O–H groups in total. The van der Waals surface area contributed by atoms with Gasteiger partial charge in [0.1, 0.15) is 11.3 Å². The van der Waals surface area contributed by atoms with Crippen LogP contribution in [0.1, 0.15) is 16.7 Å². The molecule has 0 amide bonds. The summed E-state index contributed by atoms with van der Waals surface area (Å²) in [7, 11) is 0. The third-order valence-corrected chi connectivity index (χ3v) is 2.83. The van der Waals surface area contributed by atoms with Crippen LogP contribution in [0.15, 0.2) is 42.9 Å². The van der Waals surface area contributed by atoms with Crippen LogP contribution in [-0.2, 0) is 0 Å². The van der Waals surface area contributed by atoms with Crippen LogP contribution in [0.3, 0.4) is 0 Å². The third-order valence-electron chi connectivity index (χ3n) is 2.83. The molecule has 0 fully saturated rings. The fraction of sp³-hybridized carbons (Fsp3) is 0.0625. The van der Waals surface area contributed by atoms with Gasteiger partial charge in [0.2, 0.25) is 0 Å². The van der Waals surface area contributed by atoms with Gasteiger partial charge in [-0.1, -0.05) is 11.8 Å². The van der Waals surface area contributed by atoms with Crippen LogP contribution in [0.5, 0.6) is 0 Å². The summed E-state index contributed by atoms with van der Waals surface area (Å²) in [4.78, 5) is 12.5. The molecule has 0 bridgehead atoms. The zero-order valence-corrected chi connectivity index (χ0v) is 10.8. The fourth-order valence-corrected chi connectivity index (χ4v) is 1.79. The molecule has 1 aromatic carbocycles. The number of pyridine rings is 1. The molecule has 0 atom stereocenters. The second-order valence-corrected chi connectivity index (χ2v) is 4.34. The van der Waals surface area contributed by atoms with E-state index < -0.39 is 0 Å². The second-order valence-electron chi connectivity index (χ2n) is 4.34. The Labute approximate surface area is 115 Å². The Morgan fingerprint density at radius 1 is 0.950 bits per heavy atom. The minimum Gasteiger partial charge on any atom is -0.251 e. The normalized spacial score (nSPS) is 10.1. The van der Waals surface area contributed by atoms with Gasteiger partial charge in [0.15, 0.2) is 5.65 Å². The lowest BCUT2D eigenvalue weighted by molar-refractivity contribution is 0.618. The van der Waals surface area contributed by atoms with Crippen LogP contribution in [0.25, 0.3) is 11.2 Å². The Bertz CT molecular complexity index is 847. The van der Waals surface area contributed by atoms with Crippen molar-refractivity contribution in [2.75, 3.05) is 0 Å². The van der Waals surface area contributed by atoms with E-state index in [1.54, 1.807) is 37.6 Å². The minimum atomic E-state index is -0.224. The van der Waals surface area contributed by atoms with Crippen molar-refractivity contribution in [3.05, 3.63) is 65.4 Å². The topological polar surface area (TPSA) is 38.7 Å². The molecule has 0 radical (unpaired) electrons. The average molecular weight is 263 g/mol. The Morgan fingerprint density at radius 2 is 1.75 bits per heavy atom. The van der Waals surface area contributed by atoms with Gasteiger partial charge in [0.05, 0.1) is 0 Å². The molecule has 4 heteroatoms. The van der Waals surface area contributed by atoms with E-state index in [2.05, 4.69) is 26.8 Å². The van der Waals surface area contributed by atoms with Gasteiger partial charge in [0, 0.05) is 29.7 Å². The number of aromatic nitrogens is 3. The summed E-state index contributed by atoms with van der Waals surface area (Å²) >= 11 is 0. The first-order valence-corrected chi connectivity index (χ1v) is 6.07. The molecule has 3 nitrogen and oxygen atoms in total. The standard InChI is InChI=1S/C16H10FN3/c1-11-8-12(4-5-14(11)17)2-3-13-9-15-16(20-10-13)19-7-6-18-15/h4-10H,1H3. The van der Waals surface area contributed by atoms with Crippen molar-refractivity contribution in [1.29, 1.82) is 0 Å². The first-order chi connectivity index (χ1) is 9.72. The van der Waals surface area contributed by atoms with Crippen LogP contribution in [0.2, 0.25) is 0 Å². The summed E-state index contributed by atoms with van der Waals surface area (Å²) < 4.78 is 13.2. The molecule has 0 aliphatic carbocycles. The van der Waals surface area contributed by atoms with E-state index in [-0.39, 0.29) is 5.82 Å². The summed E-state index contributed by atoms with van der Waals surface area (Å²) in [6.07, 6.45) is 4.87. The van der Waals surface area contributed by atoms with Crippen molar-refractivity contribution in [2.24, 2.45) is 0 Å². The van der Waals surface area contributed by atoms with Crippen molar-refractivity contribution >= 4 is 11.2 Å². The number of aryl methyl sites for hydroxylation is 1. The van der Waals surface area contributed by atoms with Crippen LogP contribution < -0.4 is 0 Å². The Morgan fingerprint density at radius 3 is 2.60 bits per heavy atom. The van der Waals surface area contributed by atoms with E-state index in [4.69, 9.17) is 0 Å². The minimum absolute atomic E-state index is 0.224. The third kappa shape index (κ3) is 2.47. The molecule has 0 spiro atoms. The lowest BCUT2D eigenvalue weighted by Crippen LogP contribution is -1.88. The zero-order valence-electron chi connectivity index (χ0n) is 10.8. The van der Waals surface area contributed by atoms with Crippen molar-refractivity contribution in [3.8, 4) is 11.8 Å². The largest absolute Gasteiger partial charge is 0.251 e. The fourth-order valence-electron chi connectivity index (χ4n) is 1.79. The van der Waals surface area contributed by atoms with Crippen molar-refractivity contribution < 1.29 is 4.39 Å². The molecular formula is C16H10FN3. The smallest absolute Gasteiger partial charge is 0.178 e.